The van der Waals surface area contributed by atoms with E-state index in [9.17, 15) is 0 Å². The Kier molecular flexibility index (Phi) is 5.88. The van der Waals surface area contributed by atoms with Crippen LogP contribution in [0.1, 0.15) is 61.8 Å². The number of anilines is 2. The molecule has 0 unspecified atom stereocenters. The number of fused-ring (bicyclic) bond motifs is 3. The number of benzene rings is 4. The van der Waals surface area contributed by atoms with Crippen molar-refractivity contribution < 1.29 is 0 Å². The van der Waals surface area contributed by atoms with Crippen molar-refractivity contribution in [1.82, 2.24) is 0 Å². The Bertz CT molecular complexity index is 1290. The average Bonchev–Trinajstić information content (AvgIpc) is 3.20. The van der Waals surface area contributed by atoms with Crippen molar-refractivity contribution in [2.75, 3.05) is 3.93 Å². The van der Waals surface area contributed by atoms with Crippen LogP contribution in [-0.4, -0.2) is 0 Å². The van der Waals surface area contributed by atoms with Crippen LogP contribution < -0.4 is 3.93 Å². The molecule has 2 heteroatoms. The van der Waals surface area contributed by atoms with Gasteiger partial charge in [-0.25, -0.2) is 0 Å². The third kappa shape index (κ3) is 3.91. The van der Waals surface area contributed by atoms with E-state index in [0.717, 1.165) is 12.1 Å². The molecule has 0 aliphatic heterocycles. The third-order valence-corrected chi connectivity index (χ3v) is 7.55. The van der Waals surface area contributed by atoms with E-state index in [0.29, 0.717) is 11.8 Å². The zero-order chi connectivity index (χ0) is 23.1. The predicted octanol–water partition coefficient (Wildman–Crippen LogP) is 9.62. The monoisotopic (exact) mass is 495 g/mol. The quantitative estimate of drug-likeness (QED) is 0.219. The number of nitrogens with zero attached hydrogens (tertiary/aromatic N) is 1. The maximum Gasteiger partial charge on any atom is 0.0604 e. The molecule has 5 rings (SSSR count). The van der Waals surface area contributed by atoms with Gasteiger partial charge in [0.05, 0.1) is 27.5 Å². The first-order valence-corrected chi connectivity index (χ1v) is 12.6. The standard InChI is InChI=1S/C31H30BrN/c1-20(2)25-13-9-14-26(21(3)4)31(25)29-12-7-8-15-30(29)33(32)24-16-17-28-23(19-24)18-22-10-5-6-11-27(22)28/h5-17,19-21H,18H2,1-4H3. The second-order valence-corrected chi connectivity index (χ2v) is 10.3. The van der Waals surface area contributed by atoms with Crippen LogP contribution in [0.5, 0.6) is 0 Å². The number of hydrogen-bond donors (Lipinski definition) is 0. The molecular formula is C31H30BrN. The maximum atomic E-state index is 3.94. The van der Waals surface area contributed by atoms with Crippen LogP contribution in [0.25, 0.3) is 22.3 Å². The predicted molar refractivity (Wildman–Crippen MR) is 146 cm³/mol. The lowest BCUT2D eigenvalue weighted by Gasteiger charge is -2.25. The van der Waals surface area contributed by atoms with E-state index in [2.05, 4.69) is 133 Å². The van der Waals surface area contributed by atoms with Gasteiger partial charge in [0, 0.05) is 5.56 Å². The van der Waals surface area contributed by atoms with E-state index in [1.807, 2.05) is 0 Å². The minimum Gasteiger partial charge on any atom is -0.276 e. The van der Waals surface area contributed by atoms with Crippen molar-refractivity contribution in [1.29, 1.82) is 0 Å². The van der Waals surface area contributed by atoms with E-state index in [4.69, 9.17) is 0 Å². The summed E-state index contributed by atoms with van der Waals surface area (Å²) in [5.74, 6) is 0.906. The maximum absolute atomic E-state index is 3.94. The molecule has 0 aromatic heterocycles. The van der Waals surface area contributed by atoms with E-state index in [1.54, 1.807) is 0 Å². The van der Waals surface area contributed by atoms with Crippen LogP contribution in [0.3, 0.4) is 0 Å². The van der Waals surface area contributed by atoms with Gasteiger partial charge >= 0.3 is 0 Å². The van der Waals surface area contributed by atoms with Gasteiger partial charge in [-0.3, -0.25) is 3.93 Å². The van der Waals surface area contributed by atoms with Crippen molar-refractivity contribution in [2.45, 2.75) is 46.0 Å². The van der Waals surface area contributed by atoms with Crippen LogP contribution in [0, 0.1) is 0 Å². The molecule has 0 bridgehead atoms. The van der Waals surface area contributed by atoms with Gasteiger partial charge in [-0.1, -0.05) is 94.4 Å². The molecule has 0 atom stereocenters. The fraction of sp³-hybridized carbons (Fsp3) is 0.226. The van der Waals surface area contributed by atoms with Gasteiger partial charge in [-0.05, 0) is 75.4 Å². The largest absolute Gasteiger partial charge is 0.276 e. The molecule has 0 radical (unpaired) electrons. The highest BCUT2D eigenvalue weighted by atomic mass is 79.9. The second-order valence-electron chi connectivity index (χ2n) is 9.59. The number of para-hydroxylation sites is 1. The van der Waals surface area contributed by atoms with E-state index in [1.165, 1.54) is 50.2 Å². The van der Waals surface area contributed by atoms with Crippen LogP contribution >= 0.6 is 16.1 Å². The second kappa shape index (κ2) is 8.83. The normalized spacial score (nSPS) is 12.2. The van der Waals surface area contributed by atoms with Gasteiger partial charge in [-0.2, -0.15) is 0 Å². The fourth-order valence-corrected chi connectivity index (χ4v) is 5.64. The summed E-state index contributed by atoms with van der Waals surface area (Å²) < 4.78 is 2.17. The molecule has 0 spiro atoms. The molecule has 0 N–H and O–H groups in total. The molecule has 0 fully saturated rings. The number of rotatable bonds is 5. The molecule has 1 aliphatic rings. The highest BCUT2D eigenvalue weighted by Gasteiger charge is 2.22. The van der Waals surface area contributed by atoms with Gasteiger partial charge in [0.15, 0.2) is 0 Å². The lowest BCUT2D eigenvalue weighted by molar-refractivity contribution is 0.838. The highest BCUT2D eigenvalue weighted by molar-refractivity contribution is 9.10. The van der Waals surface area contributed by atoms with Gasteiger partial charge in [0.2, 0.25) is 0 Å². The smallest absolute Gasteiger partial charge is 0.0604 e. The van der Waals surface area contributed by atoms with Crippen molar-refractivity contribution >= 4 is 27.5 Å². The molecule has 0 saturated heterocycles. The Morgan fingerprint density at radius 3 is 1.94 bits per heavy atom. The van der Waals surface area contributed by atoms with Gasteiger partial charge in [0.25, 0.3) is 0 Å². The average molecular weight is 496 g/mol. The highest BCUT2D eigenvalue weighted by Crippen LogP contribution is 2.45. The minimum atomic E-state index is 0.453. The van der Waals surface area contributed by atoms with E-state index in [-0.39, 0.29) is 0 Å². The Morgan fingerprint density at radius 2 is 1.24 bits per heavy atom. The summed E-state index contributed by atoms with van der Waals surface area (Å²) in [7, 11) is 0. The van der Waals surface area contributed by atoms with Gasteiger partial charge in [-0.15, -0.1) is 0 Å². The first-order valence-electron chi connectivity index (χ1n) is 11.8. The van der Waals surface area contributed by atoms with Crippen LogP contribution in [0.2, 0.25) is 0 Å². The van der Waals surface area contributed by atoms with Crippen LogP contribution in [0.15, 0.2) is 84.9 Å². The molecule has 4 aromatic rings. The van der Waals surface area contributed by atoms with Crippen LogP contribution in [-0.2, 0) is 6.42 Å². The molecule has 1 aliphatic carbocycles. The Labute approximate surface area is 206 Å². The Morgan fingerprint density at radius 1 is 0.636 bits per heavy atom. The van der Waals surface area contributed by atoms with E-state index >= 15 is 0 Å². The molecule has 0 heterocycles. The minimum absolute atomic E-state index is 0.453. The van der Waals surface area contributed by atoms with Crippen molar-refractivity contribution in [2.24, 2.45) is 0 Å². The zero-order valence-corrected chi connectivity index (χ0v) is 21.4. The summed E-state index contributed by atoms with van der Waals surface area (Å²) in [5.41, 5.74) is 13.3. The summed E-state index contributed by atoms with van der Waals surface area (Å²) in [6.07, 6.45) is 0.996. The fourth-order valence-electron chi connectivity index (χ4n) is 5.11. The number of hydrogen-bond acceptors (Lipinski definition) is 1. The summed E-state index contributed by atoms with van der Waals surface area (Å²) in [5, 5.41) is 0. The van der Waals surface area contributed by atoms with Gasteiger partial charge in [0.1, 0.15) is 0 Å². The van der Waals surface area contributed by atoms with Gasteiger partial charge < -0.3 is 0 Å². The van der Waals surface area contributed by atoms with Crippen molar-refractivity contribution in [3.63, 3.8) is 0 Å². The summed E-state index contributed by atoms with van der Waals surface area (Å²) in [6.45, 7) is 9.15. The number of halogens is 1. The summed E-state index contributed by atoms with van der Waals surface area (Å²) in [4.78, 5) is 0. The first-order chi connectivity index (χ1) is 16.0. The molecule has 166 valence electrons. The summed E-state index contributed by atoms with van der Waals surface area (Å²) in [6, 6.07) is 31.1. The molecule has 4 aromatic carbocycles. The first kappa shape index (κ1) is 22.0. The summed E-state index contributed by atoms with van der Waals surface area (Å²) >= 11 is 3.94. The SMILES string of the molecule is CC(C)c1cccc(C(C)C)c1-c1ccccc1N(Br)c1ccc2c(c1)Cc1ccccc1-2. The molecule has 0 amide bonds. The zero-order valence-electron chi connectivity index (χ0n) is 19.8. The molecule has 33 heavy (non-hydrogen) atoms. The third-order valence-electron chi connectivity index (χ3n) is 6.76. The molecule has 0 saturated carbocycles. The van der Waals surface area contributed by atoms with Crippen molar-refractivity contribution in [3.8, 4) is 22.3 Å². The Balaban J connectivity index is 1.61. The van der Waals surface area contributed by atoms with Crippen LogP contribution in [0.4, 0.5) is 11.4 Å². The van der Waals surface area contributed by atoms with E-state index < -0.39 is 0 Å². The van der Waals surface area contributed by atoms with Crippen molar-refractivity contribution in [3.05, 3.63) is 107 Å². The molecule has 1 nitrogen and oxygen atoms in total. The topological polar surface area (TPSA) is 3.24 Å². The Hall–Kier alpha value is -2.84. The lowest BCUT2D eigenvalue weighted by Crippen LogP contribution is -2.06. The molecular weight excluding hydrogens is 466 g/mol. The lowest BCUT2D eigenvalue weighted by atomic mass is 9.84.